The fourth-order valence-corrected chi connectivity index (χ4v) is 3.48. The minimum Gasteiger partial charge on any atom is -0.462 e. The van der Waals surface area contributed by atoms with Crippen LogP contribution in [0, 0.1) is 0 Å². The normalized spacial score (nSPS) is 13.1. The molecule has 0 aliphatic heterocycles. The first-order chi connectivity index (χ1) is 15.0. The Hall–Kier alpha value is -2.48. The number of rotatable bonds is 7. The lowest BCUT2D eigenvalue weighted by Gasteiger charge is -2.32. The molecule has 2 rings (SSSR count). The van der Waals surface area contributed by atoms with Crippen molar-refractivity contribution in [3.8, 4) is 11.1 Å². The lowest BCUT2D eigenvalue weighted by atomic mass is 10.0. The van der Waals surface area contributed by atoms with E-state index in [2.05, 4.69) is 0 Å². The molecule has 1 heterocycles. The zero-order valence-electron chi connectivity index (χ0n) is 16.0. The van der Waals surface area contributed by atoms with Crippen molar-refractivity contribution in [3.05, 3.63) is 40.2 Å². The van der Waals surface area contributed by atoms with E-state index in [4.69, 9.17) is 16.3 Å². The highest BCUT2D eigenvalue weighted by molar-refractivity contribution is 7.15. The van der Waals surface area contributed by atoms with Crippen LogP contribution in [0.25, 0.3) is 11.1 Å². The Balaban J connectivity index is 2.50. The number of amides is 1. The van der Waals surface area contributed by atoms with Gasteiger partial charge in [-0.1, -0.05) is 23.7 Å². The van der Waals surface area contributed by atoms with Gasteiger partial charge in [0.15, 0.2) is 0 Å². The second-order valence-electron chi connectivity index (χ2n) is 6.26. The van der Waals surface area contributed by atoms with Gasteiger partial charge in [-0.2, -0.15) is 39.5 Å². The van der Waals surface area contributed by atoms with E-state index >= 15 is 0 Å². The van der Waals surface area contributed by atoms with Gasteiger partial charge in [0, 0.05) is 16.0 Å². The number of esters is 1. The van der Waals surface area contributed by atoms with Gasteiger partial charge in [0.25, 0.3) is 0 Å². The molecule has 0 aliphatic carbocycles. The topological polar surface area (TPSA) is 55.4 Å². The Morgan fingerprint density at radius 2 is 1.52 bits per heavy atom. The zero-order chi connectivity index (χ0) is 25.4. The van der Waals surface area contributed by atoms with E-state index in [0.717, 1.165) is 10.7 Å². The van der Waals surface area contributed by atoms with Gasteiger partial charge in [0.2, 0.25) is 0 Å². The molecule has 0 atom stereocenters. The molecule has 0 spiro atoms. The summed E-state index contributed by atoms with van der Waals surface area (Å²) in [5.74, 6) is -25.3. The molecule has 1 amide bonds. The summed E-state index contributed by atoms with van der Waals surface area (Å²) in [5, 5.41) is 1.69. The molecule has 0 saturated carbocycles. The molecule has 0 saturated heterocycles. The van der Waals surface area contributed by atoms with Crippen molar-refractivity contribution in [2.24, 2.45) is 0 Å². The van der Waals surface area contributed by atoms with E-state index in [0.29, 0.717) is 11.3 Å². The predicted octanol–water partition coefficient (Wildman–Crippen LogP) is 6.65. The number of carbonyl (C=O) groups is 2. The van der Waals surface area contributed by atoms with Gasteiger partial charge in [-0.25, -0.2) is 4.79 Å². The lowest BCUT2D eigenvalue weighted by molar-refractivity contribution is -0.388. The van der Waals surface area contributed by atoms with Gasteiger partial charge >= 0.3 is 35.8 Å². The monoisotopic (exact) mass is 527 g/mol. The van der Waals surface area contributed by atoms with E-state index in [1.165, 1.54) is 31.2 Å². The molecule has 1 aromatic carbocycles. The average molecular weight is 528 g/mol. The molecule has 1 aromatic heterocycles. The van der Waals surface area contributed by atoms with Gasteiger partial charge in [0.05, 0.1) is 6.61 Å². The minimum absolute atomic E-state index is 0.0406. The molecule has 0 radical (unpaired) electrons. The highest BCUT2D eigenvalue weighted by Gasteiger charge is 2.83. The Morgan fingerprint density at radius 3 is 2.00 bits per heavy atom. The van der Waals surface area contributed by atoms with Crippen molar-refractivity contribution in [1.82, 2.24) is 0 Å². The van der Waals surface area contributed by atoms with Crippen molar-refractivity contribution in [3.63, 3.8) is 0 Å². The molecule has 0 bridgehead atoms. The van der Waals surface area contributed by atoms with Crippen LogP contribution < -0.4 is 5.32 Å². The Morgan fingerprint density at radius 1 is 0.970 bits per heavy atom. The molecular weight excluding hydrogens is 517 g/mol. The number of thiophene rings is 1. The molecular formula is C18H11ClF9NO3S. The first-order valence-electron chi connectivity index (χ1n) is 8.55. The summed E-state index contributed by atoms with van der Waals surface area (Å²) in [7, 11) is 0. The number of anilines is 1. The molecule has 33 heavy (non-hydrogen) atoms. The highest BCUT2D eigenvalue weighted by atomic mass is 35.5. The van der Waals surface area contributed by atoms with Crippen molar-refractivity contribution >= 4 is 39.8 Å². The molecule has 1 N–H and O–H groups in total. The first kappa shape index (κ1) is 26.8. The number of halogens is 10. The maximum Gasteiger partial charge on any atom is 0.460 e. The third kappa shape index (κ3) is 4.76. The maximum atomic E-state index is 13.9. The van der Waals surface area contributed by atoms with Crippen LogP contribution in [0.2, 0.25) is 5.02 Å². The second kappa shape index (κ2) is 9.05. The van der Waals surface area contributed by atoms with Crippen LogP contribution in [0.4, 0.5) is 44.5 Å². The van der Waals surface area contributed by atoms with Crippen LogP contribution >= 0.6 is 22.9 Å². The number of benzene rings is 1. The Kier molecular flexibility index (Phi) is 7.34. The van der Waals surface area contributed by atoms with Crippen LogP contribution in [0.1, 0.15) is 17.3 Å². The number of carbonyl (C=O) groups excluding carboxylic acids is 2. The fourth-order valence-electron chi connectivity index (χ4n) is 2.40. The van der Waals surface area contributed by atoms with Crippen LogP contribution in [0.3, 0.4) is 0 Å². The highest BCUT2D eigenvalue weighted by Crippen LogP contribution is 2.53. The summed E-state index contributed by atoms with van der Waals surface area (Å²) in [6.07, 6.45) is -7.08. The standard InChI is InChI=1S/C18H11ClF9NO3S/c1-2-32-13(30)11-10(8-3-5-9(19)6-4-8)7-33-12(11)29-14(31)15(20,21)16(22,23)17(24,25)18(26,27)28/h3-7H,2H2,1H3,(H,29,31). The number of hydrogen-bond donors (Lipinski definition) is 1. The molecule has 15 heteroatoms. The smallest absolute Gasteiger partial charge is 0.460 e. The van der Waals surface area contributed by atoms with Crippen molar-refractivity contribution < 1.29 is 53.8 Å². The van der Waals surface area contributed by atoms with Crippen LogP contribution in [-0.2, 0) is 9.53 Å². The Labute approximate surface area is 188 Å². The summed E-state index contributed by atoms with van der Waals surface area (Å²) < 4.78 is 122. The lowest BCUT2D eigenvalue weighted by Crippen LogP contribution is -2.64. The van der Waals surface area contributed by atoms with E-state index in [1.54, 1.807) is 0 Å². The number of alkyl halides is 9. The SMILES string of the molecule is CCOC(=O)c1c(-c2ccc(Cl)cc2)csc1NC(=O)C(F)(F)C(F)(F)C(F)(F)C(F)(F)F. The summed E-state index contributed by atoms with van der Waals surface area (Å²) in [6, 6.07) is 5.47. The van der Waals surface area contributed by atoms with Crippen molar-refractivity contribution in [2.75, 3.05) is 11.9 Å². The fraction of sp³-hybridized carbons (Fsp3) is 0.333. The zero-order valence-corrected chi connectivity index (χ0v) is 17.6. The first-order valence-corrected chi connectivity index (χ1v) is 9.81. The van der Waals surface area contributed by atoms with E-state index < -0.39 is 46.4 Å². The molecule has 0 unspecified atom stereocenters. The van der Waals surface area contributed by atoms with Gasteiger partial charge in [-0.3, -0.25) is 4.79 Å². The van der Waals surface area contributed by atoms with Crippen molar-refractivity contribution in [1.29, 1.82) is 0 Å². The van der Waals surface area contributed by atoms with Gasteiger partial charge in [0.1, 0.15) is 10.6 Å². The number of ether oxygens (including phenoxy) is 1. The summed E-state index contributed by atoms with van der Waals surface area (Å²) in [4.78, 5) is 24.1. The number of nitrogens with one attached hydrogen (secondary N) is 1. The van der Waals surface area contributed by atoms with Crippen molar-refractivity contribution in [2.45, 2.75) is 30.9 Å². The van der Waals surface area contributed by atoms with Gasteiger partial charge < -0.3 is 10.1 Å². The molecule has 2 aromatic rings. The predicted molar refractivity (Wildman–Crippen MR) is 100 cm³/mol. The number of hydrogen-bond acceptors (Lipinski definition) is 4. The van der Waals surface area contributed by atoms with Crippen LogP contribution in [0.15, 0.2) is 29.6 Å². The molecule has 0 fully saturated rings. The quantitative estimate of drug-likeness (QED) is 0.324. The summed E-state index contributed by atoms with van der Waals surface area (Å²) >= 11 is 6.09. The molecule has 4 nitrogen and oxygen atoms in total. The maximum absolute atomic E-state index is 13.9. The Bertz CT molecular complexity index is 1040. The van der Waals surface area contributed by atoms with Crippen LogP contribution in [-0.4, -0.2) is 42.4 Å². The summed E-state index contributed by atoms with van der Waals surface area (Å²) in [5.41, 5.74) is -0.416. The van der Waals surface area contributed by atoms with Gasteiger partial charge in [-0.05, 0) is 24.6 Å². The third-order valence-corrected chi connectivity index (χ3v) is 5.23. The molecule has 0 aliphatic rings. The third-order valence-electron chi connectivity index (χ3n) is 4.08. The van der Waals surface area contributed by atoms with E-state index in [1.807, 2.05) is 0 Å². The van der Waals surface area contributed by atoms with E-state index in [-0.39, 0.29) is 22.8 Å². The largest absolute Gasteiger partial charge is 0.462 e. The van der Waals surface area contributed by atoms with Crippen LogP contribution in [0.5, 0.6) is 0 Å². The summed E-state index contributed by atoms with van der Waals surface area (Å²) in [6.45, 7) is 1.12. The van der Waals surface area contributed by atoms with E-state index in [9.17, 15) is 49.1 Å². The van der Waals surface area contributed by atoms with Gasteiger partial charge in [-0.15, -0.1) is 11.3 Å². The minimum atomic E-state index is -7.24. The molecule has 182 valence electrons. The average Bonchev–Trinajstić information content (AvgIpc) is 3.11. The second-order valence-corrected chi connectivity index (χ2v) is 7.57.